The first-order valence-electron chi connectivity index (χ1n) is 9.69. The standard InChI is InChI=1S/C21H30N2O4/c1-16-4-5-17(18(14-16)27-3)20(25)22-10-8-21(9-11-22)7-6-19(24)23(15-21)12-13-26-2/h4-5,14H,6-13,15H2,1-3H3. The zero-order chi connectivity index (χ0) is 19.4. The third kappa shape index (κ3) is 4.26. The number of methoxy groups -OCH3 is 2. The van der Waals surface area contributed by atoms with Gasteiger partial charge in [-0.05, 0) is 49.3 Å². The molecule has 0 N–H and O–H groups in total. The number of carbonyl (C=O) groups excluding carboxylic acids is 2. The summed E-state index contributed by atoms with van der Waals surface area (Å²) >= 11 is 0. The zero-order valence-electron chi connectivity index (χ0n) is 16.6. The van der Waals surface area contributed by atoms with Gasteiger partial charge in [0.1, 0.15) is 5.75 Å². The Balaban J connectivity index is 1.64. The minimum absolute atomic E-state index is 0.0322. The monoisotopic (exact) mass is 374 g/mol. The molecule has 0 aromatic heterocycles. The summed E-state index contributed by atoms with van der Waals surface area (Å²) in [4.78, 5) is 29.0. The number of likely N-dealkylation sites (tertiary alicyclic amines) is 2. The summed E-state index contributed by atoms with van der Waals surface area (Å²) in [6, 6.07) is 5.70. The van der Waals surface area contributed by atoms with Crippen LogP contribution >= 0.6 is 0 Å². The van der Waals surface area contributed by atoms with Crippen molar-refractivity contribution in [3.8, 4) is 5.75 Å². The minimum atomic E-state index is 0.0322. The molecule has 0 unspecified atom stereocenters. The predicted molar refractivity (Wildman–Crippen MR) is 103 cm³/mol. The molecule has 6 heteroatoms. The van der Waals surface area contributed by atoms with E-state index >= 15 is 0 Å². The van der Waals surface area contributed by atoms with E-state index in [0.29, 0.717) is 30.9 Å². The molecule has 27 heavy (non-hydrogen) atoms. The Labute approximate surface area is 161 Å². The van der Waals surface area contributed by atoms with Gasteiger partial charge in [0.25, 0.3) is 5.91 Å². The number of carbonyl (C=O) groups is 2. The van der Waals surface area contributed by atoms with Crippen LogP contribution in [0.3, 0.4) is 0 Å². The summed E-state index contributed by atoms with van der Waals surface area (Å²) in [6.45, 7) is 5.44. The predicted octanol–water partition coefficient (Wildman–Crippen LogP) is 2.49. The first-order valence-corrected chi connectivity index (χ1v) is 9.69. The lowest BCUT2D eigenvalue weighted by molar-refractivity contribution is -0.139. The fourth-order valence-electron chi connectivity index (χ4n) is 4.25. The minimum Gasteiger partial charge on any atom is -0.496 e. The van der Waals surface area contributed by atoms with Crippen LogP contribution in [0.15, 0.2) is 18.2 Å². The molecule has 2 fully saturated rings. The van der Waals surface area contributed by atoms with Crippen LogP contribution in [0.5, 0.6) is 5.75 Å². The van der Waals surface area contributed by atoms with Crippen LogP contribution in [0.4, 0.5) is 0 Å². The van der Waals surface area contributed by atoms with Crippen molar-refractivity contribution in [2.24, 2.45) is 5.41 Å². The highest BCUT2D eigenvalue weighted by Gasteiger charge is 2.41. The smallest absolute Gasteiger partial charge is 0.257 e. The second-order valence-corrected chi connectivity index (χ2v) is 7.80. The van der Waals surface area contributed by atoms with Crippen molar-refractivity contribution >= 4 is 11.8 Å². The Morgan fingerprint density at radius 3 is 2.59 bits per heavy atom. The average molecular weight is 374 g/mol. The number of ether oxygens (including phenoxy) is 2. The van der Waals surface area contributed by atoms with Gasteiger partial charge in [0.15, 0.2) is 0 Å². The topological polar surface area (TPSA) is 59.1 Å². The molecular weight excluding hydrogens is 344 g/mol. The van der Waals surface area contributed by atoms with E-state index in [1.54, 1.807) is 14.2 Å². The number of hydrogen-bond acceptors (Lipinski definition) is 4. The number of hydrogen-bond donors (Lipinski definition) is 0. The highest BCUT2D eigenvalue weighted by Crippen LogP contribution is 2.40. The van der Waals surface area contributed by atoms with Crippen LogP contribution < -0.4 is 4.74 Å². The van der Waals surface area contributed by atoms with Crippen LogP contribution in [-0.2, 0) is 9.53 Å². The van der Waals surface area contributed by atoms with E-state index in [4.69, 9.17) is 9.47 Å². The molecule has 1 aromatic carbocycles. The molecule has 148 valence electrons. The van der Waals surface area contributed by atoms with Crippen molar-refractivity contribution in [2.75, 3.05) is 47.0 Å². The van der Waals surface area contributed by atoms with Gasteiger partial charge >= 0.3 is 0 Å². The third-order valence-corrected chi connectivity index (χ3v) is 6.01. The van der Waals surface area contributed by atoms with Crippen molar-refractivity contribution in [3.05, 3.63) is 29.3 Å². The maximum Gasteiger partial charge on any atom is 0.257 e. The van der Waals surface area contributed by atoms with Gasteiger partial charge in [-0.1, -0.05) is 6.07 Å². The molecule has 2 heterocycles. The van der Waals surface area contributed by atoms with Gasteiger partial charge in [0, 0.05) is 39.7 Å². The van der Waals surface area contributed by atoms with Gasteiger partial charge in [0.2, 0.25) is 5.91 Å². The molecule has 0 radical (unpaired) electrons. The maximum absolute atomic E-state index is 13.0. The van der Waals surface area contributed by atoms with E-state index in [1.165, 1.54) is 0 Å². The van der Waals surface area contributed by atoms with Crippen molar-refractivity contribution in [3.63, 3.8) is 0 Å². The largest absolute Gasteiger partial charge is 0.496 e. The van der Waals surface area contributed by atoms with Gasteiger partial charge in [-0.15, -0.1) is 0 Å². The Morgan fingerprint density at radius 2 is 1.93 bits per heavy atom. The van der Waals surface area contributed by atoms with Gasteiger partial charge in [0.05, 0.1) is 19.3 Å². The molecule has 2 saturated heterocycles. The molecule has 3 rings (SSSR count). The molecule has 0 bridgehead atoms. The highest BCUT2D eigenvalue weighted by atomic mass is 16.5. The van der Waals surface area contributed by atoms with E-state index in [0.717, 1.165) is 44.5 Å². The average Bonchev–Trinajstić information content (AvgIpc) is 2.69. The first-order chi connectivity index (χ1) is 13.0. The summed E-state index contributed by atoms with van der Waals surface area (Å²) in [5, 5.41) is 0. The summed E-state index contributed by atoms with van der Waals surface area (Å²) in [6.07, 6.45) is 3.39. The van der Waals surface area contributed by atoms with Crippen LogP contribution in [0, 0.1) is 12.3 Å². The molecule has 1 spiro atoms. The van der Waals surface area contributed by atoms with Crippen LogP contribution in [0.2, 0.25) is 0 Å². The third-order valence-electron chi connectivity index (χ3n) is 6.01. The van der Waals surface area contributed by atoms with Gasteiger partial charge in [-0.3, -0.25) is 9.59 Å². The summed E-state index contributed by atoms with van der Waals surface area (Å²) in [7, 11) is 3.26. The Kier molecular flexibility index (Phi) is 6.05. The molecule has 0 atom stereocenters. The number of aryl methyl sites for hydroxylation is 1. The molecule has 2 aliphatic heterocycles. The van der Waals surface area contributed by atoms with Crippen LogP contribution in [0.25, 0.3) is 0 Å². The van der Waals surface area contributed by atoms with Gasteiger partial charge < -0.3 is 19.3 Å². The normalized spacial score (nSPS) is 19.4. The second kappa shape index (κ2) is 8.30. The second-order valence-electron chi connectivity index (χ2n) is 7.80. The van der Waals surface area contributed by atoms with E-state index in [9.17, 15) is 9.59 Å². The Hall–Kier alpha value is -2.08. The SMILES string of the molecule is COCCN1CC2(CCC1=O)CCN(C(=O)c1ccc(C)cc1OC)CC2. The van der Waals surface area contributed by atoms with Gasteiger partial charge in [-0.25, -0.2) is 0 Å². The molecule has 2 amide bonds. The van der Waals surface area contributed by atoms with E-state index in [-0.39, 0.29) is 17.2 Å². The lowest BCUT2D eigenvalue weighted by Gasteiger charge is -2.47. The van der Waals surface area contributed by atoms with Crippen LogP contribution in [-0.4, -0.2) is 68.6 Å². The summed E-state index contributed by atoms with van der Waals surface area (Å²) < 4.78 is 10.5. The van der Waals surface area contributed by atoms with Crippen molar-refractivity contribution in [2.45, 2.75) is 32.6 Å². The molecule has 0 aliphatic carbocycles. The molecule has 1 aromatic rings. The number of piperidine rings is 2. The quantitative estimate of drug-likeness (QED) is 0.795. The maximum atomic E-state index is 13.0. The van der Waals surface area contributed by atoms with Crippen LogP contribution in [0.1, 0.15) is 41.6 Å². The highest BCUT2D eigenvalue weighted by molar-refractivity contribution is 5.97. The lowest BCUT2D eigenvalue weighted by Crippen LogP contribution is -2.52. The van der Waals surface area contributed by atoms with Crippen molar-refractivity contribution < 1.29 is 19.1 Å². The van der Waals surface area contributed by atoms with Crippen molar-refractivity contribution in [1.82, 2.24) is 9.80 Å². The molecular formula is C21H30N2O4. The lowest BCUT2D eigenvalue weighted by atomic mass is 9.72. The number of nitrogens with zero attached hydrogens (tertiary/aromatic N) is 2. The number of rotatable bonds is 5. The fraction of sp³-hybridized carbons (Fsp3) is 0.619. The summed E-state index contributed by atoms with van der Waals surface area (Å²) in [5.74, 6) is 0.889. The van der Waals surface area contributed by atoms with E-state index < -0.39 is 0 Å². The summed E-state index contributed by atoms with van der Waals surface area (Å²) in [5.41, 5.74) is 1.83. The molecule has 2 aliphatic rings. The number of amides is 2. The Morgan fingerprint density at radius 1 is 1.19 bits per heavy atom. The molecule has 6 nitrogen and oxygen atoms in total. The van der Waals surface area contributed by atoms with Crippen molar-refractivity contribution in [1.29, 1.82) is 0 Å². The fourth-order valence-corrected chi connectivity index (χ4v) is 4.25. The van der Waals surface area contributed by atoms with E-state index in [1.807, 2.05) is 34.9 Å². The Bertz CT molecular complexity index is 695. The first kappa shape index (κ1) is 19.7. The molecule has 0 saturated carbocycles. The van der Waals surface area contributed by atoms with E-state index in [2.05, 4.69) is 0 Å². The van der Waals surface area contributed by atoms with Gasteiger partial charge in [-0.2, -0.15) is 0 Å². The zero-order valence-corrected chi connectivity index (χ0v) is 16.6. The number of benzene rings is 1.